The predicted octanol–water partition coefficient (Wildman–Crippen LogP) is 3.41. The molecule has 3 heterocycles. The van der Waals surface area contributed by atoms with Gasteiger partial charge in [0.25, 0.3) is 0 Å². The zero-order chi connectivity index (χ0) is 20.1. The van der Waals surface area contributed by atoms with Gasteiger partial charge in [-0.1, -0.05) is 18.9 Å². The fraction of sp³-hybridized carbons (Fsp3) is 0.750. The minimum Gasteiger partial charge on any atom is -0.345 e. The Hall–Kier alpha value is -1.46. The molecule has 0 aromatic carbocycles. The molecule has 1 unspecified atom stereocenters. The lowest BCUT2D eigenvalue weighted by Crippen LogP contribution is -2.51. The van der Waals surface area contributed by atoms with Crippen LogP contribution in [0.15, 0.2) is 24.5 Å². The molecule has 3 fully saturated rings. The number of hydrogen-bond acceptors (Lipinski definition) is 4. The van der Waals surface area contributed by atoms with Gasteiger partial charge < -0.3 is 4.90 Å². The van der Waals surface area contributed by atoms with Crippen LogP contribution < -0.4 is 0 Å². The lowest BCUT2D eigenvalue weighted by atomic mass is 9.92. The number of amides is 1. The number of hydrogen-bond donors (Lipinski definition) is 0. The first-order chi connectivity index (χ1) is 14.2. The summed E-state index contributed by atoms with van der Waals surface area (Å²) in [4.78, 5) is 24.5. The molecule has 1 amide bonds. The Morgan fingerprint density at radius 1 is 1.10 bits per heavy atom. The quantitative estimate of drug-likeness (QED) is 0.736. The molecule has 0 spiro atoms. The van der Waals surface area contributed by atoms with Crippen molar-refractivity contribution < 1.29 is 4.79 Å². The second-order valence-corrected chi connectivity index (χ2v) is 9.57. The van der Waals surface area contributed by atoms with Crippen LogP contribution in [0.3, 0.4) is 0 Å². The molecular weight excluding hydrogens is 360 g/mol. The second kappa shape index (κ2) is 10.0. The van der Waals surface area contributed by atoms with Gasteiger partial charge in [0, 0.05) is 45.1 Å². The topological polar surface area (TPSA) is 39.7 Å². The molecule has 1 saturated carbocycles. The molecule has 0 radical (unpaired) electrons. The smallest absolute Gasteiger partial charge is 0.226 e. The molecule has 29 heavy (non-hydrogen) atoms. The van der Waals surface area contributed by atoms with E-state index in [9.17, 15) is 4.79 Å². The number of likely N-dealkylation sites (tertiary alicyclic amines) is 2. The van der Waals surface area contributed by atoms with Gasteiger partial charge in [-0.3, -0.25) is 19.6 Å². The Bertz CT molecular complexity index is 638. The summed E-state index contributed by atoms with van der Waals surface area (Å²) in [6.45, 7) is 6.42. The Kier molecular flexibility index (Phi) is 7.20. The summed E-state index contributed by atoms with van der Waals surface area (Å²) < 4.78 is 0. The highest BCUT2D eigenvalue weighted by Gasteiger charge is 2.33. The van der Waals surface area contributed by atoms with Gasteiger partial charge in [-0.2, -0.15) is 0 Å². The molecule has 160 valence electrons. The fourth-order valence-corrected chi connectivity index (χ4v) is 5.71. The van der Waals surface area contributed by atoms with Crippen molar-refractivity contribution in [1.82, 2.24) is 19.7 Å². The van der Waals surface area contributed by atoms with E-state index >= 15 is 0 Å². The van der Waals surface area contributed by atoms with Crippen LogP contribution in [0.4, 0.5) is 0 Å². The molecule has 1 aliphatic carbocycles. The third kappa shape index (κ3) is 5.58. The summed E-state index contributed by atoms with van der Waals surface area (Å²) >= 11 is 0. The molecule has 4 rings (SSSR count). The van der Waals surface area contributed by atoms with Crippen molar-refractivity contribution in [2.45, 2.75) is 64.0 Å². The Labute approximate surface area is 176 Å². The van der Waals surface area contributed by atoms with Crippen molar-refractivity contribution in [2.75, 3.05) is 39.8 Å². The minimum atomic E-state index is 0.212. The summed E-state index contributed by atoms with van der Waals surface area (Å²) in [6.07, 6.45) is 13.8. The highest BCUT2D eigenvalue weighted by atomic mass is 16.2. The first-order valence-electron chi connectivity index (χ1n) is 11.8. The van der Waals surface area contributed by atoms with Crippen LogP contribution in [0, 0.1) is 11.8 Å². The van der Waals surface area contributed by atoms with Gasteiger partial charge in [-0.25, -0.2) is 0 Å². The zero-order valence-corrected chi connectivity index (χ0v) is 18.1. The number of aromatic nitrogens is 1. The molecule has 5 heteroatoms. The van der Waals surface area contributed by atoms with E-state index in [4.69, 9.17) is 0 Å². The molecule has 0 bridgehead atoms. The van der Waals surface area contributed by atoms with Crippen molar-refractivity contribution in [2.24, 2.45) is 11.8 Å². The lowest BCUT2D eigenvalue weighted by molar-refractivity contribution is -0.137. The number of piperidine rings is 2. The van der Waals surface area contributed by atoms with Crippen LogP contribution in [-0.4, -0.2) is 71.4 Å². The van der Waals surface area contributed by atoms with E-state index in [0.29, 0.717) is 11.9 Å². The van der Waals surface area contributed by atoms with Crippen molar-refractivity contribution in [1.29, 1.82) is 0 Å². The summed E-state index contributed by atoms with van der Waals surface area (Å²) in [5, 5.41) is 0. The third-order valence-electron chi connectivity index (χ3n) is 7.39. The Balaban J connectivity index is 1.24. The summed E-state index contributed by atoms with van der Waals surface area (Å²) in [5.41, 5.74) is 1.31. The van der Waals surface area contributed by atoms with Crippen LogP contribution in [0.1, 0.15) is 56.9 Å². The number of pyridine rings is 1. The highest BCUT2D eigenvalue weighted by Crippen LogP contribution is 2.28. The van der Waals surface area contributed by atoms with Crippen LogP contribution in [0.2, 0.25) is 0 Å². The average molecular weight is 399 g/mol. The first-order valence-corrected chi connectivity index (χ1v) is 11.8. The lowest BCUT2D eigenvalue weighted by Gasteiger charge is -2.42. The molecule has 5 nitrogen and oxygen atoms in total. The largest absolute Gasteiger partial charge is 0.345 e. The maximum absolute atomic E-state index is 13.1. The van der Waals surface area contributed by atoms with Crippen LogP contribution in [0.5, 0.6) is 0 Å². The molecule has 3 aliphatic rings. The Morgan fingerprint density at radius 3 is 2.62 bits per heavy atom. The zero-order valence-electron chi connectivity index (χ0n) is 18.1. The number of rotatable bonds is 6. The molecule has 2 saturated heterocycles. The standard InChI is InChI=1S/C24H38N4O/c1-26(17-20-6-2-3-7-20)24(29)22-9-5-13-28(19-22)23-10-14-27(15-11-23)18-21-8-4-12-25-16-21/h4,8,12,16,20,22-23H,2-3,5-7,9-11,13-15,17-19H2,1H3. The minimum absolute atomic E-state index is 0.212. The van der Waals surface area contributed by atoms with Crippen molar-refractivity contribution in [3.8, 4) is 0 Å². The molecule has 1 atom stereocenters. The predicted molar refractivity (Wildman–Crippen MR) is 116 cm³/mol. The van der Waals surface area contributed by atoms with E-state index in [1.165, 1.54) is 57.1 Å². The molecular formula is C24H38N4O. The highest BCUT2D eigenvalue weighted by molar-refractivity contribution is 5.79. The van der Waals surface area contributed by atoms with E-state index in [0.717, 1.165) is 45.1 Å². The van der Waals surface area contributed by atoms with Gasteiger partial charge in [0.2, 0.25) is 5.91 Å². The van der Waals surface area contributed by atoms with Gasteiger partial charge in [-0.05, 0) is 75.7 Å². The molecule has 1 aromatic rings. The summed E-state index contributed by atoms with van der Waals surface area (Å²) in [7, 11) is 2.04. The third-order valence-corrected chi connectivity index (χ3v) is 7.39. The summed E-state index contributed by atoms with van der Waals surface area (Å²) in [5.74, 6) is 1.35. The van der Waals surface area contributed by atoms with E-state index in [1.54, 1.807) is 0 Å². The first kappa shape index (κ1) is 20.8. The van der Waals surface area contributed by atoms with Gasteiger partial charge >= 0.3 is 0 Å². The van der Waals surface area contributed by atoms with Crippen LogP contribution in [0.25, 0.3) is 0 Å². The number of nitrogens with zero attached hydrogens (tertiary/aromatic N) is 4. The monoisotopic (exact) mass is 398 g/mol. The molecule has 0 N–H and O–H groups in total. The van der Waals surface area contributed by atoms with Gasteiger partial charge in [0.15, 0.2) is 0 Å². The number of carbonyl (C=O) groups is 1. The van der Waals surface area contributed by atoms with Gasteiger partial charge in [0.05, 0.1) is 5.92 Å². The van der Waals surface area contributed by atoms with Crippen LogP contribution >= 0.6 is 0 Å². The summed E-state index contributed by atoms with van der Waals surface area (Å²) in [6, 6.07) is 4.84. The molecule has 2 aliphatic heterocycles. The maximum atomic E-state index is 13.1. The maximum Gasteiger partial charge on any atom is 0.226 e. The van der Waals surface area contributed by atoms with E-state index in [2.05, 4.69) is 25.8 Å². The molecule has 1 aromatic heterocycles. The van der Waals surface area contributed by atoms with Crippen molar-refractivity contribution in [3.63, 3.8) is 0 Å². The number of carbonyl (C=O) groups excluding carboxylic acids is 1. The van der Waals surface area contributed by atoms with Crippen LogP contribution in [-0.2, 0) is 11.3 Å². The van der Waals surface area contributed by atoms with Gasteiger partial charge in [-0.15, -0.1) is 0 Å². The van der Waals surface area contributed by atoms with E-state index in [1.807, 2.05) is 25.5 Å². The van der Waals surface area contributed by atoms with Crippen molar-refractivity contribution in [3.05, 3.63) is 30.1 Å². The SMILES string of the molecule is CN(CC1CCCC1)C(=O)C1CCCN(C2CCN(Cc3cccnc3)CC2)C1. The average Bonchev–Trinajstić information content (AvgIpc) is 3.27. The van der Waals surface area contributed by atoms with Gasteiger partial charge in [0.1, 0.15) is 0 Å². The normalized spacial score (nSPS) is 25.3. The second-order valence-electron chi connectivity index (χ2n) is 9.57. The van der Waals surface area contributed by atoms with Crippen molar-refractivity contribution >= 4 is 5.91 Å². The van der Waals surface area contributed by atoms with E-state index < -0.39 is 0 Å². The van der Waals surface area contributed by atoms with E-state index in [-0.39, 0.29) is 5.92 Å². The fourth-order valence-electron chi connectivity index (χ4n) is 5.71. The Morgan fingerprint density at radius 2 is 1.90 bits per heavy atom.